The quantitative estimate of drug-likeness (QED) is 0.859. The summed E-state index contributed by atoms with van der Waals surface area (Å²) in [4.78, 5) is 19.1. The first-order chi connectivity index (χ1) is 12.1. The molecule has 1 aliphatic carbocycles. The third-order valence-corrected chi connectivity index (χ3v) is 5.61. The Labute approximate surface area is 148 Å². The second-order valence-corrected chi connectivity index (χ2v) is 7.32. The van der Waals surface area contributed by atoms with Crippen molar-refractivity contribution in [2.75, 3.05) is 13.1 Å². The third-order valence-electron chi connectivity index (χ3n) is 5.61. The predicted octanol–water partition coefficient (Wildman–Crippen LogP) is 3.63. The number of nitrogens with zero attached hydrogens (tertiary/aromatic N) is 2. The van der Waals surface area contributed by atoms with Crippen LogP contribution >= 0.6 is 0 Å². The maximum absolute atomic E-state index is 12.8. The molecule has 25 heavy (non-hydrogen) atoms. The molecule has 4 rings (SSSR count). The Morgan fingerprint density at radius 2 is 1.92 bits per heavy atom. The molecule has 0 bridgehead atoms. The fourth-order valence-electron chi connectivity index (χ4n) is 4.16. The number of aryl methyl sites for hydroxylation is 2. The minimum atomic E-state index is 0.144. The lowest BCUT2D eigenvalue weighted by atomic mass is 9.99. The van der Waals surface area contributed by atoms with Gasteiger partial charge in [-0.15, -0.1) is 0 Å². The highest BCUT2D eigenvalue weighted by molar-refractivity contribution is 5.94. The first-order valence-electron chi connectivity index (χ1n) is 9.06. The summed E-state index contributed by atoms with van der Waals surface area (Å²) in [5.74, 6) is 1.99. The molecule has 0 spiro atoms. The lowest BCUT2D eigenvalue weighted by molar-refractivity contribution is 0.0762. The Morgan fingerprint density at radius 3 is 2.68 bits per heavy atom. The first kappa shape index (κ1) is 16.1. The Kier molecular flexibility index (Phi) is 4.20. The van der Waals surface area contributed by atoms with Gasteiger partial charge >= 0.3 is 0 Å². The molecule has 2 fully saturated rings. The first-order valence-corrected chi connectivity index (χ1v) is 9.06. The highest BCUT2D eigenvalue weighted by Crippen LogP contribution is 2.40. The summed E-state index contributed by atoms with van der Waals surface area (Å²) in [6.45, 7) is 5.66. The molecule has 130 valence electrons. The number of aromatic nitrogens is 1. The number of fused-ring (bicyclic) bond motifs is 1. The summed E-state index contributed by atoms with van der Waals surface area (Å²) in [7, 11) is 0. The van der Waals surface area contributed by atoms with Crippen molar-refractivity contribution in [3.05, 3.63) is 59.4 Å². The van der Waals surface area contributed by atoms with Gasteiger partial charge in [0.15, 0.2) is 0 Å². The third kappa shape index (κ3) is 3.13. The molecule has 1 aromatic heterocycles. The number of hydrogen-bond acceptors (Lipinski definition) is 3. The van der Waals surface area contributed by atoms with Gasteiger partial charge in [0.25, 0.3) is 5.91 Å². The normalized spacial score (nSPS) is 25.0. The average Bonchev–Trinajstić information content (AvgIpc) is 3.19. The average molecular weight is 336 g/mol. The number of rotatable bonds is 3. The summed E-state index contributed by atoms with van der Waals surface area (Å²) in [5.41, 5.74) is 2.89. The van der Waals surface area contributed by atoms with Crippen molar-refractivity contribution < 1.29 is 9.53 Å². The molecule has 0 unspecified atom stereocenters. The number of carbonyl (C=O) groups excluding carboxylic acids is 1. The van der Waals surface area contributed by atoms with E-state index in [1.807, 2.05) is 55.1 Å². The highest BCUT2D eigenvalue weighted by atomic mass is 16.5. The van der Waals surface area contributed by atoms with Crippen molar-refractivity contribution in [3.63, 3.8) is 0 Å². The van der Waals surface area contributed by atoms with Crippen LogP contribution in [0.2, 0.25) is 0 Å². The molecule has 0 radical (unpaired) electrons. The molecule has 2 aromatic rings. The van der Waals surface area contributed by atoms with Gasteiger partial charge in [-0.05, 0) is 56.9 Å². The van der Waals surface area contributed by atoms with Crippen LogP contribution in [0, 0.1) is 25.7 Å². The number of carbonyl (C=O) groups is 1. The number of ether oxygens (including phenoxy) is 1. The highest BCUT2D eigenvalue weighted by Gasteiger charge is 2.45. The van der Waals surface area contributed by atoms with E-state index < -0.39 is 0 Å². The van der Waals surface area contributed by atoms with Crippen molar-refractivity contribution in [1.29, 1.82) is 0 Å². The van der Waals surface area contributed by atoms with Crippen molar-refractivity contribution in [2.45, 2.75) is 32.8 Å². The molecule has 4 heteroatoms. The van der Waals surface area contributed by atoms with Gasteiger partial charge in [0.1, 0.15) is 11.9 Å². The molecule has 4 nitrogen and oxygen atoms in total. The summed E-state index contributed by atoms with van der Waals surface area (Å²) < 4.78 is 6.27. The molecule has 1 aromatic carbocycles. The molecule has 1 saturated carbocycles. The van der Waals surface area contributed by atoms with Gasteiger partial charge in [-0.2, -0.15) is 0 Å². The van der Waals surface area contributed by atoms with Gasteiger partial charge in [-0.1, -0.05) is 17.7 Å². The number of likely N-dealkylation sites (tertiary alicyclic amines) is 1. The van der Waals surface area contributed by atoms with Crippen molar-refractivity contribution in [3.8, 4) is 5.75 Å². The molecular formula is C21H24N2O2. The van der Waals surface area contributed by atoms with Crippen LogP contribution in [0.5, 0.6) is 5.75 Å². The topological polar surface area (TPSA) is 42.4 Å². The molecule has 3 atom stereocenters. The lowest BCUT2D eigenvalue weighted by Gasteiger charge is -2.22. The Balaban J connectivity index is 1.45. The summed E-state index contributed by atoms with van der Waals surface area (Å²) in [5, 5.41) is 0. The van der Waals surface area contributed by atoms with Crippen LogP contribution in [-0.4, -0.2) is 35.0 Å². The zero-order valence-corrected chi connectivity index (χ0v) is 14.8. The van der Waals surface area contributed by atoms with E-state index in [2.05, 4.69) is 4.98 Å². The Bertz CT molecular complexity index is 772. The molecule has 2 aliphatic rings. The molecule has 1 saturated heterocycles. The van der Waals surface area contributed by atoms with E-state index in [9.17, 15) is 4.79 Å². The minimum absolute atomic E-state index is 0.144. The Hall–Kier alpha value is -2.36. The van der Waals surface area contributed by atoms with E-state index >= 15 is 0 Å². The monoisotopic (exact) mass is 336 g/mol. The number of hydrogen-bond donors (Lipinski definition) is 0. The zero-order chi connectivity index (χ0) is 17.4. The van der Waals surface area contributed by atoms with E-state index in [1.54, 1.807) is 6.20 Å². The molecular weight excluding hydrogens is 312 g/mol. The predicted molar refractivity (Wildman–Crippen MR) is 96.7 cm³/mol. The van der Waals surface area contributed by atoms with E-state index in [4.69, 9.17) is 4.74 Å². The van der Waals surface area contributed by atoms with Gasteiger partial charge in [0, 0.05) is 30.8 Å². The van der Waals surface area contributed by atoms with E-state index in [0.717, 1.165) is 42.9 Å². The molecule has 1 aliphatic heterocycles. The largest absolute Gasteiger partial charge is 0.488 e. The van der Waals surface area contributed by atoms with Crippen LogP contribution in [0.15, 0.2) is 42.6 Å². The SMILES string of the molecule is Cc1ccc(C(=O)N2C[C@H]3CC[C@@H](Oc4cccnc4C)[C@H]3C2)cc1. The van der Waals surface area contributed by atoms with Crippen LogP contribution in [0.25, 0.3) is 0 Å². The molecule has 2 heterocycles. The zero-order valence-electron chi connectivity index (χ0n) is 14.8. The summed E-state index contributed by atoms with van der Waals surface area (Å²) >= 11 is 0. The van der Waals surface area contributed by atoms with Crippen LogP contribution in [-0.2, 0) is 0 Å². The van der Waals surface area contributed by atoms with Gasteiger partial charge in [0.05, 0.1) is 5.69 Å². The minimum Gasteiger partial charge on any atom is -0.488 e. The van der Waals surface area contributed by atoms with Crippen LogP contribution in [0.3, 0.4) is 0 Å². The van der Waals surface area contributed by atoms with Crippen LogP contribution < -0.4 is 4.74 Å². The van der Waals surface area contributed by atoms with Gasteiger partial charge in [-0.25, -0.2) is 0 Å². The van der Waals surface area contributed by atoms with Crippen molar-refractivity contribution >= 4 is 5.91 Å². The second kappa shape index (κ2) is 6.51. The van der Waals surface area contributed by atoms with E-state index in [-0.39, 0.29) is 12.0 Å². The van der Waals surface area contributed by atoms with Crippen LogP contribution in [0.1, 0.15) is 34.5 Å². The molecule has 0 N–H and O–H groups in total. The lowest BCUT2D eigenvalue weighted by Crippen LogP contribution is -2.32. The Morgan fingerprint density at radius 1 is 1.12 bits per heavy atom. The fourth-order valence-corrected chi connectivity index (χ4v) is 4.16. The van der Waals surface area contributed by atoms with E-state index in [0.29, 0.717) is 11.8 Å². The van der Waals surface area contributed by atoms with Gasteiger partial charge in [0.2, 0.25) is 0 Å². The standard InChI is InChI=1S/C21H24N2O2/c1-14-5-7-16(8-6-14)21(24)23-12-17-9-10-20(18(17)13-23)25-19-4-3-11-22-15(19)2/h3-8,11,17-18,20H,9-10,12-13H2,1-2H3/t17-,18+,20-/m1/s1. The van der Waals surface area contributed by atoms with Gasteiger partial charge < -0.3 is 9.64 Å². The maximum atomic E-state index is 12.8. The van der Waals surface area contributed by atoms with Crippen LogP contribution in [0.4, 0.5) is 0 Å². The summed E-state index contributed by atoms with van der Waals surface area (Å²) in [6.07, 6.45) is 4.17. The number of amides is 1. The number of benzene rings is 1. The smallest absolute Gasteiger partial charge is 0.253 e. The van der Waals surface area contributed by atoms with Gasteiger partial charge in [-0.3, -0.25) is 9.78 Å². The second-order valence-electron chi connectivity index (χ2n) is 7.32. The number of pyridine rings is 1. The summed E-state index contributed by atoms with van der Waals surface area (Å²) in [6, 6.07) is 11.8. The van der Waals surface area contributed by atoms with Crippen molar-refractivity contribution in [1.82, 2.24) is 9.88 Å². The van der Waals surface area contributed by atoms with E-state index in [1.165, 1.54) is 5.56 Å². The molecule has 1 amide bonds. The van der Waals surface area contributed by atoms with Crippen molar-refractivity contribution in [2.24, 2.45) is 11.8 Å². The fraction of sp³-hybridized carbons (Fsp3) is 0.429. The maximum Gasteiger partial charge on any atom is 0.253 e.